The lowest BCUT2D eigenvalue weighted by Gasteiger charge is -2.16. The van der Waals surface area contributed by atoms with E-state index in [1.54, 1.807) is 31.2 Å². The van der Waals surface area contributed by atoms with Crippen molar-refractivity contribution in [2.45, 2.75) is 18.7 Å². The summed E-state index contributed by atoms with van der Waals surface area (Å²) in [5.74, 6) is 0. The zero-order valence-corrected chi connectivity index (χ0v) is 13.5. The van der Waals surface area contributed by atoms with Crippen molar-refractivity contribution in [3.05, 3.63) is 53.6 Å². The molecule has 0 fully saturated rings. The number of aryl methyl sites for hydroxylation is 2. The summed E-state index contributed by atoms with van der Waals surface area (Å²) >= 11 is 0. The quantitative estimate of drug-likeness (QED) is 0.944. The maximum Gasteiger partial charge on any atom is 0.262 e. The smallest absolute Gasteiger partial charge is 0.262 e. The molecule has 1 N–H and O–H groups in total. The summed E-state index contributed by atoms with van der Waals surface area (Å²) in [7, 11) is 0.337. The molecule has 0 saturated heterocycles. The number of nitrogens with one attached hydrogen (secondary N) is 1. The van der Waals surface area contributed by atoms with Gasteiger partial charge in [-0.3, -0.25) is 4.72 Å². The number of nitrogens with zero attached hydrogens (tertiary/aromatic N) is 1. The minimum Gasteiger partial charge on any atom is -0.378 e. The van der Waals surface area contributed by atoms with Crippen molar-refractivity contribution in [2.24, 2.45) is 0 Å². The van der Waals surface area contributed by atoms with Crippen LogP contribution in [-0.4, -0.2) is 22.5 Å². The summed E-state index contributed by atoms with van der Waals surface area (Å²) < 4.78 is 27.6. The van der Waals surface area contributed by atoms with Crippen molar-refractivity contribution in [3.8, 4) is 0 Å². The molecule has 0 spiro atoms. The van der Waals surface area contributed by atoms with Gasteiger partial charge in [0.15, 0.2) is 0 Å². The predicted octanol–water partition coefficient (Wildman–Crippen LogP) is 3.17. The number of sulfonamides is 1. The van der Waals surface area contributed by atoms with Gasteiger partial charge in [0.2, 0.25) is 0 Å². The SMILES string of the molecule is Cc1cc(N(C)C)ccc1NS(=O)(=O)c1ccccc1C. The van der Waals surface area contributed by atoms with Crippen LogP contribution in [0.4, 0.5) is 11.4 Å². The molecule has 0 bridgehead atoms. The fourth-order valence-electron chi connectivity index (χ4n) is 2.10. The maximum absolute atomic E-state index is 12.5. The molecule has 112 valence electrons. The molecular formula is C16H20N2O2S. The Labute approximate surface area is 126 Å². The predicted molar refractivity (Wildman–Crippen MR) is 87.5 cm³/mol. The van der Waals surface area contributed by atoms with E-state index in [9.17, 15) is 8.42 Å². The van der Waals surface area contributed by atoms with Gasteiger partial charge in [-0.15, -0.1) is 0 Å². The van der Waals surface area contributed by atoms with Crippen LogP contribution in [0.3, 0.4) is 0 Å². The van der Waals surface area contributed by atoms with Crippen LogP contribution in [0.5, 0.6) is 0 Å². The molecule has 0 aliphatic rings. The second-order valence-corrected chi connectivity index (χ2v) is 6.92. The van der Waals surface area contributed by atoms with Crippen LogP contribution in [-0.2, 0) is 10.0 Å². The summed E-state index contributed by atoms with van der Waals surface area (Å²) in [5.41, 5.74) is 3.25. The Kier molecular flexibility index (Phi) is 4.23. The van der Waals surface area contributed by atoms with Crippen LogP contribution in [0.25, 0.3) is 0 Å². The van der Waals surface area contributed by atoms with E-state index in [1.165, 1.54) is 0 Å². The van der Waals surface area contributed by atoms with Crippen LogP contribution < -0.4 is 9.62 Å². The molecule has 0 aliphatic heterocycles. The lowest BCUT2D eigenvalue weighted by atomic mass is 10.2. The van der Waals surface area contributed by atoms with Crippen LogP contribution >= 0.6 is 0 Å². The first kappa shape index (κ1) is 15.4. The third-order valence-corrected chi connectivity index (χ3v) is 4.88. The van der Waals surface area contributed by atoms with E-state index < -0.39 is 10.0 Å². The van der Waals surface area contributed by atoms with E-state index in [0.717, 1.165) is 16.8 Å². The van der Waals surface area contributed by atoms with E-state index in [0.29, 0.717) is 10.6 Å². The Morgan fingerprint density at radius 3 is 2.19 bits per heavy atom. The molecule has 4 nitrogen and oxygen atoms in total. The maximum atomic E-state index is 12.5. The van der Waals surface area contributed by atoms with Gasteiger partial charge in [0.05, 0.1) is 10.6 Å². The molecule has 2 aromatic rings. The van der Waals surface area contributed by atoms with Crippen LogP contribution in [0.2, 0.25) is 0 Å². The van der Waals surface area contributed by atoms with Crippen molar-refractivity contribution >= 4 is 21.4 Å². The van der Waals surface area contributed by atoms with E-state index >= 15 is 0 Å². The molecule has 2 rings (SSSR count). The van der Waals surface area contributed by atoms with Gasteiger partial charge in [0, 0.05) is 19.8 Å². The summed E-state index contributed by atoms with van der Waals surface area (Å²) in [6.45, 7) is 3.68. The number of hydrogen-bond acceptors (Lipinski definition) is 3. The molecule has 0 aliphatic carbocycles. The van der Waals surface area contributed by atoms with Crippen molar-refractivity contribution in [1.82, 2.24) is 0 Å². The molecule has 0 amide bonds. The number of anilines is 2. The standard InChI is InChI=1S/C16H20N2O2S/c1-12-7-5-6-8-16(12)21(19,20)17-15-10-9-14(18(3)4)11-13(15)2/h5-11,17H,1-4H3. The lowest BCUT2D eigenvalue weighted by Crippen LogP contribution is -2.15. The highest BCUT2D eigenvalue weighted by molar-refractivity contribution is 7.92. The molecule has 0 radical (unpaired) electrons. The van der Waals surface area contributed by atoms with Crippen molar-refractivity contribution in [2.75, 3.05) is 23.7 Å². The van der Waals surface area contributed by atoms with E-state index in [2.05, 4.69) is 4.72 Å². The lowest BCUT2D eigenvalue weighted by molar-refractivity contribution is 0.600. The highest BCUT2D eigenvalue weighted by atomic mass is 32.2. The van der Waals surface area contributed by atoms with Crippen molar-refractivity contribution in [1.29, 1.82) is 0 Å². The molecule has 21 heavy (non-hydrogen) atoms. The van der Waals surface area contributed by atoms with E-state index in [1.807, 2.05) is 44.1 Å². The second kappa shape index (κ2) is 5.77. The van der Waals surface area contributed by atoms with Gasteiger partial charge in [-0.05, 0) is 49.2 Å². The first-order valence-corrected chi connectivity index (χ1v) is 8.16. The first-order valence-electron chi connectivity index (χ1n) is 6.67. The Balaban J connectivity index is 2.36. The average Bonchev–Trinajstić information content (AvgIpc) is 2.41. The van der Waals surface area contributed by atoms with Crippen molar-refractivity contribution < 1.29 is 8.42 Å². The summed E-state index contributed by atoms with van der Waals surface area (Å²) in [5, 5.41) is 0. The monoisotopic (exact) mass is 304 g/mol. The molecule has 0 unspecified atom stereocenters. The van der Waals surface area contributed by atoms with Gasteiger partial charge in [-0.1, -0.05) is 18.2 Å². The molecular weight excluding hydrogens is 284 g/mol. The van der Waals surface area contributed by atoms with Crippen LogP contribution in [0, 0.1) is 13.8 Å². The van der Waals surface area contributed by atoms with Crippen LogP contribution in [0.1, 0.15) is 11.1 Å². The molecule has 5 heteroatoms. The highest BCUT2D eigenvalue weighted by Crippen LogP contribution is 2.25. The Morgan fingerprint density at radius 1 is 0.952 bits per heavy atom. The minimum atomic E-state index is -3.56. The van der Waals surface area contributed by atoms with Gasteiger partial charge >= 0.3 is 0 Å². The molecule has 0 atom stereocenters. The van der Waals surface area contributed by atoms with Gasteiger partial charge in [0.25, 0.3) is 10.0 Å². The molecule has 2 aromatic carbocycles. The Bertz CT molecular complexity index is 753. The highest BCUT2D eigenvalue weighted by Gasteiger charge is 2.17. The first-order chi connectivity index (χ1) is 9.81. The number of hydrogen-bond donors (Lipinski definition) is 1. The van der Waals surface area contributed by atoms with Gasteiger partial charge in [-0.2, -0.15) is 0 Å². The van der Waals surface area contributed by atoms with Gasteiger partial charge < -0.3 is 4.90 Å². The van der Waals surface area contributed by atoms with Gasteiger partial charge in [0.1, 0.15) is 0 Å². The fourth-order valence-corrected chi connectivity index (χ4v) is 3.48. The normalized spacial score (nSPS) is 11.2. The Morgan fingerprint density at radius 2 is 1.62 bits per heavy atom. The van der Waals surface area contributed by atoms with Gasteiger partial charge in [-0.25, -0.2) is 8.42 Å². The average molecular weight is 304 g/mol. The molecule has 0 aromatic heterocycles. The number of benzene rings is 2. The third kappa shape index (κ3) is 3.36. The summed E-state index contributed by atoms with van der Waals surface area (Å²) in [6.07, 6.45) is 0. The minimum absolute atomic E-state index is 0.307. The third-order valence-electron chi connectivity index (χ3n) is 3.35. The van der Waals surface area contributed by atoms with Crippen LogP contribution in [0.15, 0.2) is 47.4 Å². The fraction of sp³-hybridized carbons (Fsp3) is 0.250. The molecule has 0 saturated carbocycles. The second-order valence-electron chi connectivity index (χ2n) is 5.26. The Hall–Kier alpha value is -2.01. The molecule has 0 heterocycles. The number of rotatable bonds is 4. The summed E-state index contributed by atoms with van der Waals surface area (Å²) in [4.78, 5) is 2.29. The zero-order chi connectivity index (χ0) is 15.6. The largest absolute Gasteiger partial charge is 0.378 e. The van der Waals surface area contributed by atoms with Crippen molar-refractivity contribution in [3.63, 3.8) is 0 Å². The topological polar surface area (TPSA) is 49.4 Å². The van der Waals surface area contributed by atoms with E-state index in [-0.39, 0.29) is 0 Å². The zero-order valence-electron chi connectivity index (χ0n) is 12.7. The summed E-state index contributed by atoms with van der Waals surface area (Å²) in [6, 6.07) is 12.6. The van der Waals surface area contributed by atoms with E-state index in [4.69, 9.17) is 0 Å².